The maximum atomic E-state index is 12.8. The molecule has 25 heavy (non-hydrogen) atoms. The lowest BCUT2D eigenvalue weighted by Gasteiger charge is -2.07. The molecule has 8 heteroatoms. The van der Waals surface area contributed by atoms with Gasteiger partial charge in [0.05, 0.1) is 23.2 Å². The molecule has 2 heterocycles. The van der Waals surface area contributed by atoms with Crippen molar-refractivity contribution in [3.8, 4) is 0 Å². The maximum absolute atomic E-state index is 12.8. The molecule has 0 saturated carbocycles. The van der Waals surface area contributed by atoms with Gasteiger partial charge in [0.15, 0.2) is 0 Å². The molecule has 0 unspecified atom stereocenters. The quantitative estimate of drug-likeness (QED) is 0.643. The molecule has 1 aromatic carbocycles. The highest BCUT2D eigenvalue weighted by atomic mass is 35.5. The Morgan fingerprint density at radius 1 is 1.32 bits per heavy atom. The molecule has 0 aliphatic heterocycles. The van der Waals surface area contributed by atoms with Crippen LogP contribution in [0.4, 0.5) is 0 Å². The molecule has 0 atom stereocenters. The van der Waals surface area contributed by atoms with Crippen molar-refractivity contribution in [2.45, 2.75) is 20.4 Å². The van der Waals surface area contributed by atoms with Crippen molar-refractivity contribution in [3.05, 3.63) is 61.8 Å². The summed E-state index contributed by atoms with van der Waals surface area (Å²) in [5.74, 6) is -0.310. The fraction of sp³-hybridized carbons (Fsp3) is 0.235. The van der Waals surface area contributed by atoms with E-state index in [-0.39, 0.29) is 29.8 Å². The van der Waals surface area contributed by atoms with Gasteiger partial charge < -0.3 is 9.15 Å². The number of hydrogen-bond acceptors (Lipinski definition) is 5. The van der Waals surface area contributed by atoms with E-state index in [4.69, 9.17) is 32.4 Å². The molecule has 0 radical (unpaired) electrons. The van der Waals surface area contributed by atoms with E-state index in [1.54, 1.807) is 32.0 Å². The largest absolute Gasteiger partial charge is 0.462 e. The molecule has 0 aliphatic rings. The van der Waals surface area contributed by atoms with Crippen LogP contribution in [-0.2, 0) is 11.3 Å². The summed E-state index contributed by atoms with van der Waals surface area (Å²) in [6.45, 7) is 3.71. The smallest absolute Gasteiger partial charge is 0.342 e. The normalized spacial score (nSPS) is 11.0. The molecule has 0 saturated heterocycles. The highest BCUT2D eigenvalue weighted by Crippen LogP contribution is 2.24. The first kappa shape index (κ1) is 17.5. The second-order valence-corrected chi connectivity index (χ2v) is 6.17. The minimum atomic E-state index is -0.607. The Balaban J connectivity index is 2.10. The number of benzene rings is 1. The molecule has 0 amide bonds. The Morgan fingerprint density at radius 2 is 2.08 bits per heavy atom. The minimum absolute atomic E-state index is 0.107. The first-order chi connectivity index (χ1) is 11.9. The molecule has 2 aromatic heterocycles. The predicted molar refractivity (Wildman–Crippen MR) is 94.5 cm³/mol. The van der Waals surface area contributed by atoms with E-state index in [1.165, 1.54) is 10.9 Å². The number of aryl methyl sites for hydroxylation is 1. The fourth-order valence-electron chi connectivity index (χ4n) is 2.53. The third kappa shape index (κ3) is 3.27. The lowest BCUT2D eigenvalue weighted by molar-refractivity contribution is 0.0526. The SMILES string of the molecule is CCOC(=O)c1c(C)oc2ncn(Cc3ccc(Cl)c(Cl)c3)c(=O)c12. The van der Waals surface area contributed by atoms with E-state index in [9.17, 15) is 9.59 Å². The Morgan fingerprint density at radius 3 is 2.76 bits per heavy atom. The molecule has 0 aliphatic carbocycles. The second kappa shape index (κ2) is 6.90. The Kier molecular flexibility index (Phi) is 4.83. The average molecular weight is 381 g/mol. The lowest BCUT2D eigenvalue weighted by Crippen LogP contribution is -2.22. The van der Waals surface area contributed by atoms with Gasteiger partial charge in [-0.05, 0) is 31.5 Å². The number of aromatic nitrogens is 2. The van der Waals surface area contributed by atoms with E-state index in [0.29, 0.717) is 15.8 Å². The van der Waals surface area contributed by atoms with Gasteiger partial charge in [-0.3, -0.25) is 9.36 Å². The van der Waals surface area contributed by atoms with Crippen molar-refractivity contribution < 1.29 is 13.9 Å². The van der Waals surface area contributed by atoms with Gasteiger partial charge in [-0.25, -0.2) is 9.78 Å². The monoisotopic (exact) mass is 380 g/mol. The summed E-state index contributed by atoms with van der Waals surface area (Å²) in [4.78, 5) is 29.1. The summed E-state index contributed by atoms with van der Waals surface area (Å²) in [6, 6.07) is 5.09. The summed E-state index contributed by atoms with van der Waals surface area (Å²) in [5.41, 5.74) is 0.598. The van der Waals surface area contributed by atoms with Crippen molar-refractivity contribution >= 4 is 40.3 Å². The molecule has 0 fully saturated rings. The summed E-state index contributed by atoms with van der Waals surface area (Å²) >= 11 is 11.9. The van der Waals surface area contributed by atoms with Crippen molar-refractivity contribution in [3.63, 3.8) is 0 Å². The number of halogens is 2. The van der Waals surface area contributed by atoms with Gasteiger partial charge in [-0.1, -0.05) is 29.3 Å². The van der Waals surface area contributed by atoms with Crippen molar-refractivity contribution in [2.75, 3.05) is 6.61 Å². The van der Waals surface area contributed by atoms with Gasteiger partial charge in [0.2, 0.25) is 5.71 Å². The van der Waals surface area contributed by atoms with Gasteiger partial charge in [0.25, 0.3) is 5.56 Å². The molecule has 0 N–H and O–H groups in total. The Bertz CT molecular complexity index is 1020. The molecule has 130 valence electrons. The summed E-state index contributed by atoms with van der Waals surface area (Å²) in [5, 5.41) is 0.938. The van der Waals surface area contributed by atoms with Crippen LogP contribution in [-0.4, -0.2) is 22.1 Å². The topological polar surface area (TPSA) is 74.3 Å². The molecule has 0 bridgehead atoms. The van der Waals surface area contributed by atoms with Crippen molar-refractivity contribution in [1.29, 1.82) is 0 Å². The number of rotatable bonds is 4. The fourth-order valence-corrected chi connectivity index (χ4v) is 2.85. The average Bonchev–Trinajstić information content (AvgIpc) is 2.91. The molecular weight excluding hydrogens is 367 g/mol. The van der Waals surface area contributed by atoms with Crippen LogP contribution in [0.1, 0.15) is 28.6 Å². The van der Waals surface area contributed by atoms with Crippen LogP contribution >= 0.6 is 23.2 Å². The van der Waals surface area contributed by atoms with Crippen LogP contribution in [0.5, 0.6) is 0 Å². The van der Waals surface area contributed by atoms with E-state index in [0.717, 1.165) is 5.56 Å². The zero-order valence-electron chi connectivity index (χ0n) is 13.5. The van der Waals surface area contributed by atoms with Crippen LogP contribution in [0, 0.1) is 6.92 Å². The first-order valence-electron chi connectivity index (χ1n) is 7.52. The van der Waals surface area contributed by atoms with Crippen molar-refractivity contribution in [2.24, 2.45) is 0 Å². The summed E-state index contributed by atoms with van der Waals surface area (Å²) in [7, 11) is 0. The lowest BCUT2D eigenvalue weighted by atomic mass is 10.2. The van der Waals surface area contributed by atoms with Crippen LogP contribution < -0.4 is 5.56 Å². The van der Waals surface area contributed by atoms with Crippen LogP contribution in [0.15, 0.2) is 33.7 Å². The molecule has 3 rings (SSSR count). The third-order valence-corrected chi connectivity index (χ3v) is 4.41. The third-order valence-electron chi connectivity index (χ3n) is 3.67. The van der Waals surface area contributed by atoms with Crippen LogP contribution in [0.2, 0.25) is 10.0 Å². The van der Waals surface area contributed by atoms with Crippen LogP contribution in [0.3, 0.4) is 0 Å². The number of furan rings is 1. The standard InChI is InChI=1S/C17H14Cl2N2O4/c1-3-24-17(23)13-9(2)25-15-14(13)16(22)21(8-20-15)7-10-4-5-11(18)12(19)6-10/h4-6,8H,3,7H2,1-2H3. The van der Waals surface area contributed by atoms with E-state index in [1.807, 2.05) is 0 Å². The molecule has 0 spiro atoms. The maximum Gasteiger partial charge on any atom is 0.342 e. The van der Waals surface area contributed by atoms with Crippen molar-refractivity contribution in [1.82, 2.24) is 9.55 Å². The first-order valence-corrected chi connectivity index (χ1v) is 8.27. The number of nitrogens with zero attached hydrogens (tertiary/aromatic N) is 2. The number of fused-ring (bicyclic) bond motifs is 1. The van der Waals surface area contributed by atoms with Gasteiger partial charge >= 0.3 is 5.97 Å². The Labute approximate surface area is 152 Å². The van der Waals surface area contributed by atoms with E-state index >= 15 is 0 Å². The van der Waals surface area contributed by atoms with Crippen LogP contribution in [0.25, 0.3) is 11.1 Å². The molecule has 6 nitrogen and oxygen atoms in total. The van der Waals surface area contributed by atoms with Gasteiger partial charge in [0.1, 0.15) is 23.0 Å². The minimum Gasteiger partial charge on any atom is -0.462 e. The highest BCUT2D eigenvalue weighted by Gasteiger charge is 2.23. The number of esters is 1. The number of carbonyl (C=O) groups is 1. The number of hydrogen-bond donors (Lipinski definition) is 0. The van der Waals surface area contributed by atoms with Gasteiger partial charge in [-0.15, -0.1) is 0 Å². The number of carbonyl (C=O) groups excluding carboxylic acids is 1. The van der Waals surface area contributed by atoms with E-state index < -0.39 is 11.5 Å². The zero-order valence-corrected chi connectivity index (χ0v) is 15.0. The second-order valence-electron chi connectivity index (χ2n) is 5.36. The van der Waals surface area contributed by atoms with Gasteiger partial charge in [-0.2, -0.15) is 0 Å². The number of ether oxygens (including phenoxy) is 1. The molecule has 3 aromatic rings. The Hall–Kier alpha value is -2.31. The summed E-state index contributed by atoms with van der Waals surface area (Å²) in [6.07, 6.45) is 1.37. The predicted octanol–water partition coefficient (Wildman–Crippen LogP) is 3.83. The van der Waals surface area contributed by atoms with Gasteiger partial charge in [0, 0.05) is 0 Å². The highest BCUT2D eigenvalue weighted by molar-refractivity contribution is 6.42. The molecular formula is C17H14Cl2N2O4. The zero-order chi connectivity index (χ0) is 18.1. The summed E-state index contributed by atoms with van der Waals surface area (Å²) < 4.78 is 11.8. The van der Waals surface area contributed by atoms with E-state index in [2.05, 4.69) is 4.98 Å².